The molecule has 13 heavy (non-hydrogen) atoms. The molecule has 4 nitrogen and oxygen atoms in total. The van der Waals surface area contributed by atoms with E-state index in [0.717, 1.165) is 17.9 Å². The van der Waals surface area contributed by atoms with Crippen LogP contribution in [-0.4, -0.2) is 21.2 Å². The molecule has 66 valence electrons. The van der Waals surface area contributed by atoms with Gasteiger partial charge in [-0.1, -0.05) is 0 Å². The van der Waals surface area contributed by atoms with E-state index in [1.54, 1.807) is 10.7 Å². The van der Waals surface area contributed by atoms with Crippen LogP contribution < -0.4 is 0 Å². The average molecular weight is 175 g/mol. The summed E-state index contributed by atoms with van der Waals surface area (Å²) in [5.41, 5.74) is 1.67. The monoisotopic (exact) mass is 175 g/mol. The molecule has 4 heteroatoms. The summed E-state index contributed by atoms with van der Waals surface area (Å²) in [6.45, 7) is 2.80. The summed E-state index contributed by atoms with van der Waals surface area (Å²) in [4.78, 5) is 4.19. The van der Waals surface area contributed by atoms with Crippen molar-refractivity contribution in [3.63, 3.8) is 0 Å². The molecule has 1 aliphatic rings. The van der Waals surface area contributed by atoms with E-state index in [1.807, 2.05) is 25.3 Å². The first-order valence-electron chi connectivity index (χ1n) is 4.23. The minimum absolute atomic E-state index is 0.159. The first kappa shape index (κ1) is 7.03. The molecule has 0 aliphatic carbocycles. The summed E-state index contributed by atoms with van der Waals surface area (Å²) in [5.74, 6) is 0. The van der Waals surface area contributed by atoms with Gasteiger partial charge < -0.3 is 4.74 Å². The molecule has 0 radical (unpaired) electrons. The van der Waals surface area contributed by atoms with E-state index < -0.39 is 0 Å². The molecule has 0 amide bonds. The Bertz CT molecular complexity index is 426. The van der Waals surface area contributed by atoms with Crippen LogP contribution in [0.1, 0.15) is 12.6 Å². The van der Waals surface area contributed by atoms with Gasteiger partial charge in [-0.05, 0) is 13.0 Å². The predicted molar refractivity (Wildman–Crippen MR) is 46.3 cm³/mol. The van der Waals surface area contributed by atoms with E-state index in [9.17, 15) is 0 Å². The molecule has 0 saturated carbocycles. The normalized spacial score (nSPS) is 26.5. The largest absolute Gasteiger partial charge is 0.363 e. The number of ether oxygens (including phenoxy) is 1. The lowest BCUT2D eigenvalue weighted by atomic mass is 10.1. The van der Waals surface area contributed by atoms with Crippen LogP contribution in [0.4, 0.5) is 0 Å². The number of aromatic nitrogens is 3. The van der Waals surface area contributed by atoms with Gasteiger partial charge in [-0.15, -0.1) is 0 Å². The Balaban J connectivity index is 2.22. The van der Waals surface area contributed by atoms with E-state index in [0.29, 0.717) is 0 Å². The van der Waals surface area contributed by atoms with Crippen LogP contribution in [0.15, 0.2) is 24.5 Å². The fraction of sp³-hybridized carbons (Fsp3) is 0.333. The molecule has 0 aromatic carbocycles. The third-order valence-electron chi connectivity index (χ3n) is 2.36. The van der Waals surface area contributed by atoms with Crippen LogP contribution in [0.25, 0.3) is 5.65 Å². The van der Waals surface area contributed by atoms with Gasteiger partial charge in [0.15, 0.2) is 5.65 Å². The molecule has 2 aromatic heterocycles. The summed E-state index contributed by atoms with van der Waals surface area (Å²) in [7, 11) is 0. The summed E-state index contributed by atoms with van der Waals surface area (Å²) in [6, 6.07) is 3.83. The first-order chi connectivity index (χ1) is 6.28. The Morgan fingerprint density at radius 2 is 2.46 bits per heavy atom. The van der Waals surface area contributed by atoms with Crippen LogP contribution in [-0.2, 0) is 10.3 Å². The maximum Gasteiger partial charge on any atom is 0.155 e. The number of fused-ring (bicyclic) bond motifs is 1. The van der Waals surface area contributed by atoms with Gasteiger partial charge in [0.1, 0.15) is 5.60 Å². The molecule has 1 fully saturated rings. The van der Waals surface area contributed by atoms with Crippen LogP contribution >= 0.6 is 0 Å². The molecule has 1 aliphatic heterocycles. The maximum absolute atomic E-state index is 5.31. The number of hydrogen-bond donors (Lipinski definition) is 0. The van der Waals surface area contributed by atoms with Crippen molar-refractivity contribution < 1.29 is 4.74 Å². The summed E-state index contributed by atoms with van der Waals surface area (Å²) in [6.07, 6.45) is 3.65. The average Bonchev–Trinajstić information content (AvgIpc) is 2.76. The van der Waals surface area contributed by atoms with Gasteiger partial charge >= 0.3 is 0 Å². The fourth-order valence-electron chi connectivity index (χ4n) is 1.34. The van der Waals surface area contributed by atoms with Crippen molar-refractivity contribution in [1.82, 2.24) is 14.6 Å². The highest BCUT2D eigenvalue weighted by molar-refractivity contribution is 5.40. The zero-order valence-corrected chi connectivity index (χ0v) is 7.27. The van der Waals surface area contributed by atoms with Crippen molar-refractivity contribution in [2.45, 2.75) is 12.5 Å². The number of nitrogens with zero attached hydrogens (tertiary/aromatic N) is 3. The number of epoxide rings is 1. The van der Waals surface area contributed by atoms with E-state index >= 15 is 0 Å². The van der Waals surface area contributed by atoms with Gasteiger partial charge in [-0.25, -0.2) is 9.50 Å². The molecule has 0 bridgehead atoms. The second-order valence-corrected chi connectivity index (χ2v) is 3.47. The van der Waals surface area contributed by atoms with E-state index in [1.165, 1.54) is 0 Å². The van der Waals surface area contributed by atoms with Crippen LogP contribution in [0.5, 0.6) is 0 Å². The third kappa shape index (κ3) is 0.954. The summed E-state index contributed by atoms with van der Waals surface area (Å²) < 4.78 is 7.07. The molecule has 3 rings (SSSR count). The minimum atomic E-state index is -0.159. The first-order valence-corrected chi connectivity index (χ1v) is 4.23. The van der Waals surface area contributed by atoms with Crippen molar-refractivity contribution in [2.75, 3.05) is 6.61 Å². The van der Waals surface area contributed by atoms with Gasteiger partial charge in [0, 0.05) is 18.5 Å². The SMILES string of the molecule is CC1(c2cc3ncccn3n2)CO1. The van der Waals surface area contributed by atoms with Gasteiger partial charge in [0.05, 0.1) is 12.3 Å². The van der Waals surface area contributed by atoms with E-state index in [4.69, 9.17) is 4.74 Å². The van der Waals surface area contributed by atoms with Gasteiger partial charge in [-0.2, -0.15) is 5.10 Å². The Labute approximate surface area is 75.2 Å². The molecule has 0 N–H and O–H groups in total. The van der Waals surface area contributed by atoms with Crippen LogP contribution in [0, 0.1) is 0 Å². The van der Waals surface area contributed by atoms with Crippen molar-refractivity contribution in [3.05, 3.63) is 30.2 Å². The Hall–Kier alpha value is -1.42. The molecule has 2 aromatic rings. The molecule has 1 unspecified atom stereocenters. The van der Waals surface area contributed by atoms with Crippen LogP contribution in [0.2, 0.25) is 0 Å². The lowest BCUT2D eigenvalue weighted by molar-refractivity contribution is 0.323. The molecule has 1 saturated heterocycles. The van der Waals surface area contributed by atoms with E-state index in [-0.39, 0.29) is 5.60 Å². The zero-order valence-electron chi connectivity index (χ0n) is 7.27. The lowest BCUT2D eigenvalue weighted by Crippen LogP contribution is -2.02. The molecular formula is C9H9N3O. The minimum Gasteiger partial charge on any atom is -0.363 e. The number of rotatable bonds is 1. The highest BCUT2D eigenvalue weighted by atomic mass is 16.6. The second-order valence-electron chi connectivity index (χ2n) is 3.47. The summed E-state index contributed by atoms with van der Waals surface area (Å²) in [5, 5.41) is 4.38. The lowest BCUT2D eigenvalue weighted by Gasteiger charge is -1.95. The van der Waals surface area contributed by atoms with Crippen molar-refractivity contribution >= 4 is 5.65 Å². The van der Waals surface area contributed by atoms with Gasteiger partial charge in [0.2, 0.25) is 0 Å². The zero-order chi connectivity index (χ0) is 8.89. The molecular weight excluding hydrogens is 166 g/mol. The van der Waals surface area contributed by atoms with Gasteiger partial charge in [0.25, 0.3) is 0 Å². The Morgan fingerprint density at radius 3 is 3.15 bits per heavy atom. The second kappa shape index (κ2) is 2.09. The summed E-state index contributed by atoms with van der Waals surface area (Å²) >= 11 is 0. The smallest absolute Gasteiger partial charge is 0.155 e. The highest BCUT2D eigenvalue weighted by Crippen LogP contribution is 2.36. The van der Waals surface area contributed by atoms with E-state index in [2.05, 4.69) is 10.1 Å². The Morgan fingerprint density at radius 1 is 1.62 bits per heavy atom. The predicted octanol–water partition coefficient (Wildman–Crippen LogP) is 0.975. The van der Waals surface area contributed by atoms with Crippen molar-refractivity contribution in [1.29, 1.82) is 0 Å². The van der Waals surface area contributed by atoms with Gasteiger partial charge in [-0.3, -0.25) is 0 Å². The topological polar surface area (TPSA) is 42.7 Å². The van der Waals surface area contributed by atoms with Crippen molar-refractivity contribution in [2.24, 2.45) is 0 Å². The van der Waals surface area contributed by atoms with Crippen molar-refractivity contribution in [3.8, 4) is 0 Å². The quantitative estimate of drug-likeness (QED) is 0.606. The third-order valence-corrected chi connectivity index (χ3v) is 2.36. The maximum atomic E-state index is 5.31. The fourth-order valence-corrected chi connectivity index (χ4v) is 1.34. The standard InChI is InChI=1S/C9H9N3O/c1-9(6-13-9)7-5-8-10-3-2-4-12(8)11-7/h2-5H,6H2,1H3. The Kier molecular flexibility index (Phi) is 1.13. The molecule has 0 spiro atoms. The van der Waals surface area contributed by atoms with Crippen LogP contribution in [0.3, 0.4) is 0 Å². The highest BCUT2D eigenvalue weighted by Gasteiger charge is 2.43. The number of hydrogen-bond acceptors (Lipinski definition) is 3. The molecule has 3 heterocycles. The molecule has 1 atom stereocenters.